The Morgan fingerprint density at radius 1 is 1.14 bits per heavy atom. The van der Waals surface area contributed by atoms with E-state index < -0.39 is 5.91 Å². The number of anilines is 1. The summed E-state index contributed by atoms with van der Waals surface area (Å²) < 4.78 is 14.0. The lowest BCUT2D eigenvalue weighted by molar-refractivity contribution is 0.0363. The van der Waals surface area contributed by atoms with Crippen LogP contribution in [0.4, 0.5) is 5.69 Å². The van der Waals surface area contributed by atoms with E-state index in [0.29, 0.717) is 55.6 Å². The number of carbonyl (C=O) groups is 1. The van der Waals surface area contributed by atoms with Crippen molar-refractivity contribution in [2.24, 2.45) is 0 Å². The average molecular weight is 489 g/mol. The molecule has 5 rings (SSSR count). The van der Waals surface area contributed by atoms with Gasteiger partial charge in [-0.05, 0) is 49.4 Å². The van der Waals surface area contributed by atoms with Gasteiger partial charge in [0.2, 0.25) is 0 Å². The predicted molar refractivity (Wildman–Crippen MR) is 136 cm³/mol. The second-order valence-corrected chi connectivity index (χ2v) is 8.51. The summed E-state index contributed by atoms with van der Waals surface area (Å²) in [5, 5.41) is 12.0. The highest BCUT2D eigenvalue weighted by atomic mass is 16.5. The fraction of sp³-hybridized carbons (Fsp3) is 0.308. The van der Waals surface area contributed by atoms with Gasteiger partial charge in [-0.3, -0.25) is 24.3 Å². The van der Waals surface area contributed by atoms with Gasteiger partial charge in [0, 0.05) is 38.1 Å². The smallest absolute Gasteiger partial charge is 0.267 e. The van der Waals surface area contributed by atoms with Gasteiger partial charge in [-0.1, -0.05) is 6.07 Å². The van der Waals surface area contributed by atoms with Gasteiger partial charge in [0.1, 0.15) is 22.5 Å². The van der Waals surface area contributed by atoms with Gasteiger partial charge >= 0.3 is 0 Å². The van der Waals surface area contributed by atoms with Crippen LogP contribution in [0.5, 0.6) is 5.75 Å². The summed E-state index contributed by atoms with van der Waals surface area (Å²) in [4.78, 5) is 33.6. The quantitative estimate of drug-likeness (QED) is 0.385. The number of fused-ring (bicyclic) bond motifs is 2. The van der Waals surface area contributed by atoms with Crippen molar-refractivity contribution in [2.75, 3.05) is 44.8 Å². The normalized spacial score (nSPS) is 14.2. The first-order valence-corrected chi connectivity index (χ1v) is 12.0. The summed E-state index contributed by atoms with van der Waals surface area (Å²) in [5.41, 5.74) is 1.27. The molecule has 1 aromatic carbocycles. The maximum absolute atomic E-state index is 13.4. The molecule has 2 N–H and O–H groups in total. The Morgan fingerprint density at radius 2 is 1.92 bits per heavy atom. The average Bonchev–Trinajstić information content (AvgIpc) is 2.90. The fourth-order valence-corrected chi connectivity index (χ4v) is 4.34. The van der Waals surface area contributed by atoms with Gasteiger partial charge in [-0.2, -0.15) is 0 Å². The Morgan fingerprint density at radius 3 is 2.67 bits per heavy atom. The second kappa shape index (κ2) is 10.3. The number of hydrogen-bond donors (Lipinski definition) is 2. The maximum Gasteiger partial charge on any atom is 0.267 e. The Kier molecular flexibility index (Phi) is 6.79. The van der Waals surface area contributed by atoms with E-state index in [1.807, 2.05) is 13.0 Å². The van der Waals surface area contributed by atoms with Gasteiger partial charge in [0.15, 0.2) is 0 Å². The van der Waals surface area contributed by atoms with Gasteiger partial charge in [-0.25, -0.2) is 4.98 Å². The number of ether oxygens (including phenoxy) is 2. The van der Waals surface area contributed by atoms with Crippen molar-refractivity contribution in [3.8, 4) is 5.75 Å². The summed E-state index contributed by atoms with van der Waals surface area (Å²) in [7, 11) is 0. The van der Waals surface area contributed by atoms with Crippen LogP contribution in [-0.2, 0) is 11.3 Å². The van der Waals surface area contributed by atoms with Crippen molar-refractivity contribution in [3.63, 3.8) is 0 Å². The van der Waals surface area contributed by atoms with Crippen LogP contribution in [-0.4, -0.2) is 64.2 Å². The minimum Gasteiger partial charge on any atom is -0.494 e. The van der Waals surface area contributed by atoms with E-state index in [-0.39, 0.29) is 22.0 Å². The number of amides is 1. The lowest BCUT2D eigenvalue weighted by Gasteiger charge is -2.27. The molecule has 0 aliphatic carbocycles. The largest absolute Gasteiger partial charge is 0.494 e. The molecule has 1 amide bonds. The first-order valence-electron chi connectivity index (χ1n) is 12.0. The second-order valence-electron chi connectivity index (χ2n) is 8.51. The van der Waals surface area contributed by atoms with Gasteiger partial charge < -0.3 is 19.4 Å². The molecule has 10 heteroatoms. The van der Waals surface area contributed by atoms with Crippen molar-refractivity contribution in [2.45, 2.75) is 13.5 Å². The standard InChI is InChI=1S/C26H28N6O4/c1-2-36-19-8-6-18(7-9-19)28-25(33)20-17-21-24(29-22-5-3-4-10-31(22)26(21)34)32(23(20)27)12-11-30-13-15-35-16-14-30/h3-10,17,27H,2,11-16H2,1H3,(H,28,33). The fourth-order valence-electron chi connectivity index (χ4n) is 4.34. The molecule has 0 bridgehead atoms. The van der Waals surface area contributed by atoms with E-state index >= 15 is 0 Å². The van der Waals surface area contributed by atoms with Crippen LogP contribution in [0, 0.1) is 5.41 Å². The van der Waals surface area contributed by atoms with Crippen LogP contribution in [0.25, 0.3) is 16.7 Å². The summed E-state index contributed by atoms with van der Waals surface area (Å²) >= 11 is 0. The van der Waals surface area contributed by atoms with Crippen molar-refractivity contribution >= 4 is 28.3 Å². The topological polar surface area (TPSA) is 114 Å². The number of carbonyl (C=O) groups excluding carboxylic acids is 1. The Hall–Kier alpha value is -4.02. The van der Waals surface area contributed by atoms with Crippen LogP contribution in [0.2, 0.25) is 0 Å². The molecule has 1 aliphatic heterocycles. The number of hydrogen-bond acceptors (Lipinski definition) is 7. The summed E-state index contributed by atoms with van der Waals surface area (Å²) in [6.45, 7) is 6.42. The van der Waals surface area contributed by atoms with Crippen LogP contribution in [0.15, 0.2) is 59.5 Å². The molecular weight excluding hydrogens is 460 g/mol. The zero-order chi connectivity index (χ0) is 25.1. The Balaban J connectivity index is 1.56. The highest BCUT2D eigenvalue weighted by Crippen LogP contribution is 2.17. The number of nitrogens with one attached hydrogen (secondary N) is 2. The third kappa shape index (κ3) is 4.73. The van der Waals surface area contributed by atoms with Crippen LogP contribution >= 0.6 is 0 Å². The number of nitrogens with zero attached hydrogens (tertiary/aromatic N) is 4. The predicted octanol–water partition coefficient (Wildman–Crippen LogP) is 2.11. The van der Waals surface area contributed by atoms with E-state index in [9.17, 15) is 9.59 Å². The molecule has 4 heterocycles. The lowest BCUT2D eigenvalue weighted by Crippen LogP contribution is -2.40. The first kappa shape index (κ1) is 23.7. The summed E-state index contributed by atoms with van der Waals surface area (Å²) in [5.74, 6) is 0.234. The third-order valence-electron chi connectivity index (χ3n) is 6.23. The molecule has 3 aromatic heterocycles. The monoisotopic (exact) mass is 488 g/mol. The molecule has 10 nitrogen and oxygen atoms in total. The van der Waals surface area contributed by atoms with E-state index in [0.717, 1.165) is 13.1 Å². The maximum atomic E-state index is 13.4. The van der Waals surface area contributed by atoms with Crippen molar-refractivity contribution < 1.29 is 14.3 Å². The Labute approximate surface area is 207 Å². The number of pyridine rings is 2. The van der Waals surface area contributed by atoms with Crippen molar-refractivity contribution in [3.05, 3.63) is 76.1 Å². The van der Waals surface area contributed by atoms with Gasteiger partial charge in [0.05, 0.1) is 30.8 Å². The first-order chi connectivity index (χ1) is 17.5. The SMILES string of the molecule is CCOc1ccc(NC(=O)c2cc3c(=O)n4ccccc4nc3n(CCN3CCOCC3)c2=N)cc1. The number of benzene rings is 1. The molecule has 186 valence electrons. The molecule has 1 aliphatic rings. The highest BCUT2D eigenvalue weighted by Gasteiger charge is 2.19. The van der Waals surface area contributed by atoms with E-state index in [4.69, 9.17) is 19.9 Å². The summed E-state index contributed by atoms with van der Waals surface area (Å²) in [6, 6.07) is 13.8. The minimum absolute atomic E-state index is 0.00590. The Bertz CT molecular complexity index is 1520. The highest BCUT2D eigenvalue weighted by molar-refractivity contribution is 6.05. The zero-order valence-electron chi connectivity index (χ0n) is 20.1. The molecular formula is C26H28N6O4. The number of rotatable bonds is 7. The molecule has 36 heavy (non-hydrogen) atoms. The zero-order valence-corrected chi connectivity index (χ0v) is 20.1. The molecule has 1 fully saturated rings. The lowest BCUT2D eigenvalue weighted by atomic mass is 10.2. The van der Waals surface area contributed by atoms with Crippen LogP contribution < -0.4 is 21.1 Å². The molecule has 0 saturated carbocycles. The molecule has 0 atom stereocenters. The van der Waals surface area contributed by atoms with Crippen LogP contribution in [0.3, 0.4) is 0 Å². The molecule has 1 saturated heterocycles. The van der Waals surface area contributed by atoms with E-state index in [1.54, 1.807) is 47.2 Å². The minimum atomic E-state index is -0.469. The van der Waals surface area contributed by atoms with E-state index in [2.05, 4.69) is 10.2 Å². The van der Waals surface area contributed by atoms with Gasteiger partial charge in [0.25, 0.3) is 11.5 Å². The summed E-state index contributed by atoms with van der Waals surface area (Å²) in [6.07, 6.45) is 1.65. The van der Waals surface area contributed by atoms with Crippen molar-refractivity contribution in [1.29, 1.82) is 5.41 Å². The van der Waals surface area contributed by atoms with E-state index in [1.165, 1.54) is 10.5 Å². The number of morpholine rings is 1. The number of aromatic nitrogens is 3. The molecule has 0 unspecified atom stereocenters. The van der Waals surface area contributed by atoms with Gasteiger partial charge in [-0.15, -0.1) is 0 Å². The molecule has 0 radical (unpaired) electrons. The van der Waals surface area contributed by atoms with Crippen molar-refractivity contribution in [1.82, 2.24) is 18.9 Å². The van der Waals surface area contributed by atoms with Crippen LogP contribution in [0.1, 0.15) is 17.3 Å². The molecule has 0 spiro atoms. The third-order valence-corrected chi connectivity index (χ3v) is 6.23. The molecule has 4 aromatic rings.